The van der Waals surface area contributed by atoms with E-state index < -0.39 is 27.5 Å². The molecule has 3 rings (SSSR count). The van der Waals surface area contributed by atoms with Crippen molar-refractivity contribution in [1.29, 1.82) is 0 Å². The molecule has 0 unspecified atom stereocenters. The molecule has 1 aromatic heterocycles. The number of nitro benzene ring substituents is 1. The number of rotatable bonds is 8. The monoisotopic (exact) mass is 466 g/mol. The molecule has 0 aliphatic rings. The lowest BCUT2D eigenvalue weighted by Crippen LogP contribution is -2.33. The molecule has 0 spiro atoms. The zero-order valence-corrected chi connectivity index (χ0v) is 17.5. The van der Waals surface area contributed by atoms with Crippen LogP contribution in [0.25, 0.3) is 11.5 Å². The van der Waals surface area contributed by atoms with E-state index in [4.69, 9.17) is 20.8 Å². The second-order valence-electron chi connectivity index (χ2n) is 6.18. The predicted molar refractivity (Wildman–Crippen MR) is 107 cm³/mol. The Hall–Kier alpha value is -3.35. The number of nitrogens with zero attached hydrogens (tertiary/aromatic N) is 4. The lowest BCUT2D eigenvalue weighted by atomic mass is 10.2. The van der Waals surface area contributed by atoms with Crippen LogP contribution in [-0.4, -0.2) is 47.4 Å². The number of nitro groups is 1. The first kappa shape index (κ1) is 22.3. The van der Waals surface area contributed by atoms with E-state index in [9.17, 15) is 23.3 Å². The van der Waals surface area contributed by atoms with Crippen LogP contribution in [0.15, 0.2) is 57.8 Å². The summed E-state index contributed by atoms with van der Waals surface area (Å²) in [6.45, 7) is -0.901. The van der Waals surface area contributed by atoms with Crippen LogP contribution in [0.1, 0.15) is 5.89 Å². The Morgan fingerprint density at radius 1 is 1.16 bits per heavy atom. The largest absolute Gasteiger partial charge is 0.455 e. The highest BCUT2D eigenvalue weighted by Crippen LogP contribution is 2.21. The topological polar surface area (TPSA) is 146 Å². The Balaban J connectivity index is 1.57. The minimum atomic E-state index is -3.90. The molecule has 0 fully saturated rings. The standard InChI is InChI=1S/C18H15ClN4O7S/c1-22(31(27,28)15-8-4-13(19)5-9-15)10-17(24)29-11-16-20-21-18(30-16)12-2-6-14(7-3-12)23(25)26/h2-9H,10-11H2,1H3. The fraction of sp³-hybridized carbons (Fsp3) is 0.167. The van der Waals surface area contributed by atoms with E-state index in [0.29, 0.717) is 10.6 Å². The third kappa shape index (κ3) is 5.42. The van der Waals surface area contributed by atoms with E-state index in [1.54, 1.807) is 0 Å². The molecule has 0 N–H and O–H groups in total. The summed E-state index contributed by atoms with van der Waals surface area (Å²) < 4.78 is 36.1. The van der Waals surface area contributed by atoms with Gasteiger partial charge in [-0.15, -0.1) is 10.2 Å². The van der Waals surface area contributed by atoms with E-state index in [1.807, 2.05) is 0 Å². The zero-order chi connectivity index (χ0) is 22.6. The minimum Gasteiger partial charge on any atom is -0.455 e. The van der Waals surface area contributed by atoms with Crippen LogP contribution in [0, 0.1) is 10.1 Å². The van der Waals surface area contributed by atoms with Crippen LogP contribution in [0.3, 0.4) is 0 Å². The molecule has 0 aliphatic carbocycles. The van der Waals surface area contributed by atoms with Gasteiger partial charge in [0, 0.05) is 29.8 Å². The lowest BCUT2D eigenvalue weighted by molar-refractivity contribution is -0.384. The number of ether oxygens (including phenoxy) is 1. The normalized spacial score (nSPS) is 11.5. The molecule has 162 valence electrons. The molecule has 0 radical (unpaired) electrons. The van der Waals surface area contributed by atoms with Crippen molar-refractivity contribution in [2.24, 2.45) is 0 Å². The number of halogens is 1. The summed E-state index contributed by atoms with van der Waals surface area (Å²) in [7, 11) is -2.66. The van der Waals surface area contributed by atoms with E-state index in [0.717, 1.165) is 4.31 Å². The third-order valence-electron chi connectivity index (χ3n) is 4.02. The van der Waals surface area contributed by atoms with E-state index >= 15 is 0 Å². The maximum Gasteiger partial charge on any atom is 0.321 e. The summed E-state index contributed by atoms with van der Waals surface area (Å²) in [6, 6.07) is 11.0. The van der Waals surface area contributed by atoms with Gasteiger partial charge >= 0.3 is 5.97 Å². The molecular weight excluding hydrogens is 452 g/mol. The highest BCUT2D eigenvalue weighted by atomic mass is 35.5. The van der Waals surface area contributed by atoms with Crippen LogP contribution in [-0.2, 0) is 26.2 Å². The lowest BCUT2D eigenvalue weighted by Gasteiger charge is -2.16. The SMILES string of the molecule is CN(CC(=O)OCc1nnc(-c2ccc([N+](=O)[O-])cc2)o1)S(=O)(=O)c1ccc(Cl)cc1. The van der Waals surface area contributed by atoms with Crippen molar-refractivity contribution in [3.05, 3.63) is 69.6 Å². The number of likely N-dealkylation sites (N-methyl/N-ethyl adjacent to an activating group) is 1. The maximum absolute atomic E-state index is 12.5. The van der Waals surface area contributed by atoms with Gasteiger partial charge in [0.2, 0.25) is 15.9 Å². The van der Waals surface area contributed by atoms with Crippen molar-refractivity contribution in [1.82, 2.24) is 14.5 Å². The fourth-order valence-corrected chi connectivity index (χ4v) is 3.64. The van der Waals surface area contributed by atoms with Crippen molar-refractivity contribution < 1.29 is 27.3 Å². The summed E-state index contributed by atoms with van der Waals surface area (Å²) in [5.74, 6) is -0.761. The number of hydrogen-bond acceptors (Lipinski definition) is 9. The Kier molecular flexibility index (Phi) is 6.63. The highest BCUT2D eigenvalue weighted by molar-refractivity contribution is 7.89. The van der Waals surface area contributed by atoms with Crippen molar-refractivity contribution in [3.8, 4) is 11.5 Å². The highest BCUT2D eigenvalue weighted by Gasteiger charge is 2.24. The molecule has 0 amide bonds. The molecule has 11 nitrogen and oxygen atoms in total. The second kappa shape index (κ2) is 9.20. The van der Waals surface area contributed by atoms with Crippen LogP contribution >= 0.6 is 11.6 Å². The van der Waals surface area contributed by atoms with Gasteiger partial charge in [0.05, 0.1) is 9.82 Å². The van der Waals surface area contributed by atoms with Gasteiger partial charge in [0.15, 0.2) is 6.61 Å². The Morgan fingerprint density at radius 3 is 2.42 bits per heavy atom. The number of non-ortho nitro benzene ring substituents is 1. The molecule has 0 saturated heterocycles. The van der Waals surface area contributed by atoms with Gasteiger partial charge in [0.25, 0.3) is 11.6 Å². The summed E-state index contributed by atoms with van der Waals surface area (Å²) >= 11 is 5.76. The van der Waals surface area contributed by atoms with Gasteiger partial charge in [-0.2, -0.15) is 4.31 Å². The van der Waals surface area contributed by atoms with E-state index in [2.05, 4.69) is 10.2 Å². The molecule has 0 saturated carbocycles. The predicted octanol–water partition coefficient (Wildman–Crippen LogP) is 2.66. The zero-order valence-electron chi connectivity index (χ0n) is 16.0. The van der Waals surface area contributed by atoms with Gasteiger partial charge in [-0.25, -0.2) is 8.42 Å². The first-order valence-corrected chi connectivity index (χ1v) is 10.4. The van der Waals surface area contributed by atoms with E-state index in [1.165, 1.54) is 55.6 Å². The summed E-state index contributed by atoms with van der Waals surface area (Å²) in [5, 5.41) is 18.6. The van der Waals surface area contributed by atoms with Crippen LogP contribution in [0.4, 0.5) is 5.69 Å². The first-order chi connectivity index (χ1) is 14.7. The molecule has 3 aromatic rings. The average Bonchev–Trinajstić information content (AvgIpc) is 3.21. The molecule has 0 bridgehead atoms. The summed E-state index contributed by atoms with van der Waals surface area (Å²) in [5.41, 5.74) is 0.361. The van der Waals surface area contributed by atoms with Crippen molar-refractivity contribution >= 4 is 33.3 Å². The number of aromatic nitrogens is 2. The molecule has 1 heterocycles. The summed E-state index contributed by atoms with van der Waals surface area (Å²) in [4.78, 5) is 22.2. The van der Waals surface area contributed by atoms with Crippen molar-refractivity contribution in [2.75, 3.05) is 13.6 Å². The average molecular weight is 467 g/mol. The van der Waals surface area contributed by atoms with Gasteiger partial charge in [0.1, 0.15) is 6.54 Å². The van der Waals surface area contributed by atoms with Gasteiger partial charge < -0.3 is 9.15 Å². The number of carbonyl (C=O) groups excluding carboxylic acids is 1. The van der Waals surface area contributed by atoms with Crippen LogP contribution in [0.2, 0.25) is 5.02 Å². The fourth-order valence-electron chi connectivity index (χ4n) is 2.40. The Labute approximate surface area is 181 Å². The number of carbonyl (C=O) groups is 1. The molecule has 0 aliphatic heterocycles. The Morgan fingerprint density at radius 2 is 1.81 bits per heavy atom. The van der Waals surface area contributed by atoms with E-state index in [-0.39, 0.29) is 29.0 Å². The quantitative estimate of drug-likeness (QED) is 0.277. The minimum absolute atomic E-state index is 0.0168. The van der Waals surface area contributed by atoms with Gasteiger partial charge in [-0.05, 0) is 36.4 Å². The van der Waals surface area contributed by atoms with Crippen LogP contribution in [0.5, 0.6) is 0 Å². The Bertz CT molecular complexity index is 1190. The van der Waals surface area contributed by atoms with Gasteiger partial charge in [-0.1, -0.05) is 11.6 Å². The first-order valence-electron chi connectivity index (χ1n) is 8.61. The van der Waals surface area contributed by atoms with Crippen molar-refractivity contribution in [2.45, 2.75) is 11.5 Å². The number of hydrogen-bond donors (Lipinski definition) is 0. The third-order valence-corrected chi connectivity index (χ3v) is 6.09. The number of esters is 1. The molecule has 13 heteroatoms. The molecule has 0 atom stereocenters. The van der Waals surface area contributed by atoms with Gasteiger partial charge in [-0.3, -0.25) is 14.9 Å². The van der Waals surface area contributed by atoms with Crippen LogP contribution < -0.4 is 0 Å². The maximum atomic E-state index is 12.5. The summed E-state index contributed by atoms with van der Waals surface area (Å²) in [6.07, 6.45) is 0. The smallest absolute Gasteiger partial charge is 0.321 e. The second-order valence-corrected chi connectivity index (χ2v) is 8.66. The number of benzene rings is 2. The molecule has 2 aromatic carbocycles. The van der Waals surface area contributed by atoms with Crippen molar-refractivity contribution in [3.63, 3.8) is 0 Å². The molecular formula is C18H15ClN4O7S. The molecule has 31 heavy (non-hydrogen) atoms. The number of sulfonamides is 1.